The molecular weight excluding hydrogens is 336 g/mol. The highest BCUT2D eigenvalue weighted by Gasteiger charge is 2.18. The number of rotatable bonds is 7. The van der Waals surface area contributed by atoms with E-state index in [9.17, 15) is 9.59 Å². The summed E-state index contributed by atoms with van der Waals surface area (Å²) in [6, 6.07) is 2.20. The molecule has 6 nitrogen and oxygen atoms in total. The van der Waals surface area contributed by atoms with Crippen LogP contribution in [0.25, 0.3) is 11.0 Å². The van der Waals surface area contributed by atoms with Gasteiger partial charge in [-0.25, -0.2) is 4.98 Å². The Bertz CT molecular complexity index is 805. The van der Waals surface area contributed by atoms with E-state index in [0.717, 1.165) is 31.4 Å². The van der Waals surface area contributed by atoms with Gasteiger partial charge in [0.1, 0.15) is 5.52 Å². The van der Waals surface area contributed by atoms with Crippen LogP contribution in [-0.2, 0) is 11.3 Å². The summed E-state index contributed by atoms with van der Waals surface area (Å²) in [7, 11) is 0. The zero-order valence-corrected chi connectivity index (χ0v) is 15.7. The van der Waals surface area contributed by atoms with Gasteiger partial charge in [0, 0.05) is 18.3 Å². The lowest BCUT2D eigenvalue weighted by atomic mass is 10.2. The van der Waals surface area contributed by atoms with Gasteiger partial charge in [0.25, 0.3) is 5.56 Å². The normalized spacial score (nSPS) is 15.1. The molecule has 1 fully saturated rings. The number of hydrogen-bond acceptors (Lipinski definition) is 4. The molecule has 0 bridgehead atoms. The quantitative estimate of drug-likeness (QED) is 0.586. The number of carbonyl (C=O) groups excluding carboxylic acids is 1. The molecule has 1 saturated carbocycles. The van der Waals surface area contributed by atoms with Crippen molar-refractivity contribution < 1.29 is 4.79 Å². The fourth-order valence-corrected chi connectivity index (χ4v) is 4.14. The van der Waals surface area contributed by atoms with Crippen molar-refractivity contribution in [2.24, 2.45) is 0 Å². The SMILES string of the molecule is CCCCn1c(SCC(=O)NC2CCCC2)nc2cc(C)[nH]c2c1=O. The average Bonchev–Trinajstić information content (AvgIpc) is 3.21. The zero-order chi connectivity index (χ0) is 17.8. The molecule has 7 heteroatoms. The molecule has 0 atom stereocenters. The predicted octanol–water partition coefficient (Wildman–Crippen LogP) is 2.98. The maximum atomic E-state index is 12.8. The minimum atomic E-state index is -0.0507. The van der Waals surface area contributed by atoms with Crippen molar-refractivity contribution in [1.82, 2.24) is 19.9 Å². The first-order valence-electron chi connectivity index (χ1n) is 9.10. The Balaban J connectivity index is 1.78. The zero-order valence-electron chi connectivity index (χ0n) is 14.9. The van der Waals surface area contributed by atoms with Gasteiger partial charge in [0.15, 0.2) is 5.16 Å². The van der Waals surface area contributed by atoms with Crippen LogP contribution in [-0.4, -0.2) is 32.2 Å². The van der Waals surface area contributed by atoms with Crippen molar-refractivity contribution in [1.29, 1.82) is 0 Å². The largest absolute Gasteiger partial charge is 0.353 e. The van der Waals surface area contributed by atoms with Crippen LogP contribution in [0.1, 0.15) is 51.1 Å². The summed E-state index contributed by atoms with van der Waals surface area (Å²) in [5.74, 6) is 0.322. The van der Waals surface area contributed by atoms with Gasteiger partial charge in [-0.3, -0.25) is 14.2 Å². The van der Waals surface area contributed by atoms with Gasteiger partial charge in [-0.2, -0.15) is 0 Å². The first-order valence-corrected chi connectivity index (χ1v) is 10.1. The fourth-order valence-electron chi connectivity index (χ4n) is 3.30. The van der Waals surface area contributed by atoms with Crippen molar-refractivity contribution in [2.75, 3.05) is 5.75 Å². The molecule has 0 radical (unpaired) electrons. The number of aromatic amines is 1. The second-order valence-corrected chi connectivity index (χ2v) is 7.70. The van der Waals surface area contributed by atoms with Gasteiger partial charge < -0.3 is 10.3 Å². The molecule has 2 heterocycles. The summed E-state index contributed by atoms with van der Waals surface area (Å²) in [6.07, 6.45) is 6.45. The molecular formula is C18H26N4O2S. The second kappa shape index (κ2) is 8.08. The number of amides is 1. The van der Waals surface area contributed by atoms with E-state index in [1.54, 1.807) is 4.57 Å². The van der Waals surface area contributed by atoms with E-state index in [0.29, 0.717) is 34.5 Å². The summed E-state index contributed by atoms with van der Waals surface area (Å²) in [5.41, 5.74) is 2.09. The first-order chi connectivity index (χ1) is 12.1. The molecule has 2 aromatic rings. The lowest BCUT2D eigenvalue weighted by molar-refractivity contribution is -0.119. The monoisotopic (exact) mass is 362 g/mol. The van der Waals surface area contributed by atoms with E-state index >= 15 is 0 Å². The number of carbonyl (C=O) groups is 1. The van der Waals surface area contributed by atoms with Gasteiger partial charge in [0.05, 0.1) is 11.3 Å². The molecule has 2 aromatic heterocycles. The standard InChI is InChI=1S/C18H26N4O2S/c1-3-4-9-22-17(24)16-14(10-12(2)19-16)21-18(22)25-11-15(23)20-13-7-5-6-8-13/h10,13,19H,3-9,11H2,1-2H3,(H,20,23). The number of H-pyrrole nitrogens is 1. The van der Waals surface area contributed by atoms with Crippen molar-refractivity contribution in [2.45, 2.75) is 70.1 Å². The maximum Gasteiger partial charge on any atom is 0.278 e. The van der Waals surface area contributed by atoms with Crippen LogP contribution in [0.3, 0.4) is 0 Å². The molecule has 0 aliphatic heterocycles. The van der Waals surface area contributed by atoms with Crippen LogP contribution >= 0.6 is 11.8 Å². The number of nitrogens with one attached hydrogen (secondary N) is 2. The summed E-state index contributed by atoms with van der Waals surface area (Å²) >= 11 is 1.35. The molecule has 0 unspecified atom stereocenters. The Morgan fingerprint density at radius 3 is 2.92 bits per heavy atom. The van der Waals surface area contributed by atoms with Crippen molar-refractivity contribution in [3.63, 3.8) is 0 Å². The summed E-state index contributed by atoms with van der Waals surface area (Å²) < 4.78 is 1.70. The highest BCUT2D eigenvalue weighted by Crippen LogP contribution is 2.20. The Morgan fingerprint density at radius 1 is 1.44 bits per heavy atom. The maximum absolute atomic E-state index is 12.8. The Morgan fingerprint density at radius 2 is 2.20 bits per heavy atom. The third-order valence-electron chi connectivity index (χ3n) is 4.63. The minimum absolute atomic E-state index is 0.0264. The molecule has 3 rings (SSSR count). The minimum Gasteiger partial charge on any atom is -0.353 e. The molecule has 0 saturated heterocycles. The number of aryl methyl sites for hydroxylation is 1. The number of hydrogen-bond donors (Lipinski definition) is 2. The Labute approximate surface area is 151 Å². The molecule has 1 amide bonds. The van der Waals surface area contributed by atoms with Crippen LogP contribution in [0.4, 0.5) is 0 Å². The number of fused-ring (bicyclic) bond motifs is 1. The van der Waals surface area contributed by atoms with Crippen molar-refractivity contribution >= 4 is 28.7 Å². The third kappa shape index (κ3) is 4.26. The third-order valence-corrected chi connectivity index (χ3v) is 5.60. The van der Waals surface area contributed by atoms with E-state index in [-0.39, 0.29) is 11.5 Å². The van der Waals surface area contributed by atoms with Crippen LogP contribution in [0, 0.1) is 6.92 Å². The number of aromatic nitrogens is 3. The van der Waals surface area contributed by atoms with Crippen LogP contribution < -0.4 is 10.9 Å². The summed E-state index contributed by atoms with van der Waals surface area (Å²) in [6.45, 7) is 4.64. The van der Waals surface area contributed by atoms with Gasteiger partial charge in [-0.1, -0.05) is 37.9 Å². The van der Waals surface area contributed by atoms with Crippen LogP contribution in [0.15, 0.2) is 16.0 Å². The Kier molecular flexibility index (Phi) is 5.83. The topological polar surface area (TPSA) is 79.8 Å². The molecule has 0 aromatic carbocycles. The fraction of sp³-hybridized carbons (Fsp3) is 0.611. The molecule has 25 heavy (non-hydrogen) atoms. The molecule has 136 valence electrons. The highest BCUT2D eigenvalue weighted by molar-refractivity contribution is 7.99. The summed E-state index contributed by atoms with van der Waals surface area (Å²) in [4.78, 5) is 32.7. The van der Waals surface area contributed by atoms with Gasteiger partial charge >= 0.3 is 0 Å². The van der Waals surface area contributed by atoms with Crippen molar-refractivity contribution in [3.8, 4) is 0 Å². The number of nitrogens with zero attached hydrogens (tertiary/aromatic N) is 2. The lowest BCUT2D eigenvalue weighted by Crippen LogP contribution is -2.34. The van der Waals surface area contributed by atoms with E-state index in [1.165, 1.54) is 24.6 Å². The smallest absolute Gasteiger partial charge is 0.278 e. The van der Waals surface area contributed by atoms with Gasteiger partial charge in [0.2, 0.25) is 5.91 Å². The second-order valence-electron chi connectivity index (χ2n) is 6.75. The lowest BCUT2D eigenvalue weighted by Gasteiger charge is -2.13. The van der Waals surface area contributed by atoms with E-state index < -0.39 is 0 Å². The van der Waals surface area contributed by atoms with E-state index in [1.807, 2.05) is 13.0 Å². The van der Waals surface area contributed by atoms with Gasteiger partial charge in [-0.15, -0.1) is 0 Å². The molecule has 1 aliphatic rings. The van der Waals surface area contributed by atoms with Gasteiger partial charge in [-0.05, 0) is 32.3 Å². The van der Waals surface area contributed by atoms with Crippen LogP contribution in [0.2, 0.25) is 0 Å². The highest BCUT2D eigenvalue weighted by atomic mass is 32.2. The number of thioether (sulfide) groups is 1. The molecule has 2 N–H and O–H groups in total. The molecule has 0 spiro atoms. The average molecular weight is 362 g/mol. The van der Waals surface area contributed by atoms with E-state index in [2.05, 4.69) is 22.2 Å². The van der Waals surface area contributed by atoms with Crippen molar-refractivity contribution in [3.05, 3.63) is 22.1 Å². The first kappa shape index (κ1) is 18.0. The van der Waals surface area contributed by atoms with E-state index in [4.69, 9.17) is 0 Å². The summed E-state index contributed by atoms with van der Waals surface area (Å²) in [5, 5.41) is 3.72. The number of unbranched alkanes of at least 4 members (excludes halogenated alkanes) is 1. The van der Waals surface area contributed by atoms with Crippen LogP contribution in [0.5, 0.6) is 0 Å². The Hall–Kier alpha value is -1.76. The predicted molar refractivity (Wildman–Crippen MR) is 101 cm³/mol. The molecule has 1 aliphatic carbocycles.